The molecule has 14 atom stereocenters. The summed E-state index contributed by atoms with van der Waals surface area (Å²) in [6, 6.07) is 32.2. The van der Waals surface area contributed by atoms with Crippen molar-refractivity contribution in [1.82, 2.24) is 0 Å². The quantitative estimate of drug-likeness (QED) is 0.0562. The first-order valence-electron chi connectivity index (χ1n) is 28.8. The Balaban J connectivity index is 0.000000239. The van der Waals surface area contributed by atoms with E-state index >= 15 is 0 Å². The lowest BCUT2D eigenvalue weighted by Crippen LogP contribution is -3.00. The molecular formula is C64H77Cl3N4O18P2. The summed E-state index contributed by atoms with van der Waals surface area (Å²) in [6.07, 6.45) is 0.687. The summed E-state index contributed by atoms with van der Waals surface area (Å²) in [4.78, 5) is 46.9. The molecule has 4 aromatic carbocycles. The summed E-state index contributed by atoms with van der Waals surface area (Å²) < 4.78 is 93.8. The minimum atomic E-state index is -3.91. The fourth-order valence-electron chi connectivity index (χ4n) is 11.3. The maximum Gasteiger partial charge on any atom is 0.380 e. The molecule has 4 saturated heterocycles. The molecule has 492 valence electrons. The van der Waals surface area contributed by atoms with Gasteiger partial charge in [0.15, 0.2) is 49.6 Å². The SMILES string of the molecule is COC(=O)[C@H](C)CP(=O)(Cl)Oc1ccccc1.COC(=O)[C@H](C)CP(=O)(OC[C@H]1O[C@@H]([n+]2cccc(C(N)=O)c2)[C@@H]2OC(c3c(C)cc(C)cc3C)O[C@@H]21)Oc1ccccc1.Cc1cc(C)c(C2O[C@@H]3[C@H](O2)[C@@H](CO)O[C@H]3[n+]2cccc(C(N)=O)c2)c(C)c1.[Cl-].[Cl-]. The minimum Gasteiger partial charge on any atom is -1.00 e. The van der Waals surface area contributed by atoms with Gasteiger partial charge in [-0.15, -0.1) is 0 Å². The van der Waals surface area contributed by atoms with Crippen LogP contribution in [0.1, 0.15) is 104 Å². The average Bonchev–Trinajstić information content (AvgIpc) is 1.62. The molecule has 2 amide bonds. The van der Waals surface area contributed by atoms with Crippen molar-refractivity contribution < 1.29 is 119 Å². The Kier molecular flexibility index (Phi) is 26.3. The number of carbonyl (C=O) groups excluding carboxylic acids is 4. The van der Waals surface area contributed by atoms with Crippen molar-refractivity contribution >= 4 is 49.3 Å². The highest BCUT2D eigenvalue weighted by molar-refractivity contribution is 7.85. The molecule has 22 nitrogen and oxygen atoms in total. The summed E-state index contributed by atoms with van der Waals surface area (Å²) in [7, 11) is -1.36. The third-order valence-corrected chi connectivity index (χ3v) is 19.3. The van der Waals surface area contributed by atoms with Crippen LogP contribution in [-0.4, -0.2) is 105 Å². The smallest absolute Gasteiger partial charge is 0.380 e. The molecule has 27 heteroatoms. The number of methoxy groups -OCH3 is 2. The molecular weight excluding hydrogens is 1280 g/mol. The van der Waals surface area contributed by atoms with Gasteiger partial charge >= 0.3 is 26.3 Å². The maximum atomic E-state index is 14.1. The minimum absolute atomic E-state index is 0. The molecule has 0 saturated carbocycles. The Morgan fingerprint density at radius 2 is 0.945 bits per heavy atom. The number of ether oxygens (including phenoxy) is 8. The van der Waals surface area contributed by atoms with E-state index in [2.05, 4.69) is 35.9 Å². The van der Waals surface area contributed by atoms with E-state index in [1.165, 1.54) is 19.8 Å². The van der Waals surface area contributed by atoms with Crippen molar-refractivity contribution in [2.45, 2.75) is 117 Å². The molecule has 4 fully saturated rings. The van der Waals surface area contributed by atoms with E-state index in [-0.39, 0.29) is 50.4 Å². The highest BCUT2D eigenvalue weighted by atomic mass is 35.7. The van der Waals surface area contributed by atoms with Crippen molar-refractivity contribution in [2.75, 3.05) is 39.8 Å². The van der Waals surface area contributed by atoms with Crippen molar-refractivity contribution in [3.05, 3.63) is 190 Å². The second kappa shape index (κ2) is 32.5. The van der Waals surface area contributed by atoms with Gasteiger partial charge in [-0.1, -0.05) is 85.6 Å². The van der Waals surface area contributed by atoms with Crippen molar-refractivity contribution in [1.29, 1.82) is 0 Å². The second-order valence-corrected chi connectivity index (χ2v) is 27.6. The number of aliphatic hydroxyl groups excluding tert-OH is 1. The van der Waals surface area contributed by atoms with Gasteiger partial charge in [0.2, 0.25) is 0 Å². The van der Waals surface area contributed by atoms with Gasteiger partial charge in [0, 0.05) is 23.3 Å². The van der Waals surface area contributed by atoms with E-state index in [0.29, 0.717) is 22.6 Å². The zero-order valence-electron chi connectivity index (χ0n) is 51.9. The largest absolute Gasteiger partial charge is 1.00 e. The first kappa shape index (κ1) is 73.7. The number of esters is 2. The summed E-state index contributed by atoms with van der Waals surface area (Å²) in [6.45, 7) is 11.6. The molecule has 4 aliphatic rings. The van der Waals surface area contributed by atoms with Crippen LogP contribution in [0.5, 0.6) is 11.5 Å². The monoisotopic (exact) mass is 1360 g/mol. The predicted molar refractivity (Wildman–Crippen MR) is 325 cm³/mol. The number of pyridine rings is 2. The third kappa shape index (κ3) is 18.5. The molecule has 6 aromatic rings. The Morgan fingerprint density at radius 3 is 1.35 bits per heavy atom. The molecule has 4 unspecified atom stereocenters. The Hall–Kier alpha value is -6.33. The van der Waals surface area contributed by atoms with E-state index < -0.39 is 112 Å². The van der Waals surface area contributed by atoms with Crippen LogP contribution in [0, 0.1) is 53.4 Å². The highest BCUT2D eigenvalue weighted by Crippen LogP contribution is 2.54. The number of aromatic nitrogens is 2. The Morgan fingerprint density at radius 1 is 0.560 bits per heavy atom. The van der Waals surface area contributed by atoms with Crippen molar-refractivity contribution in [2.24, 2.45) is 23.3 Å². The molecule has 5 N–H and O–H groups in total. The summed E-state index contributed by atoms with van der Waals surface area (Å²) in [5.41, 5.74) is 20.1. The van der Waals surface area contributed by atoms with Gasteiger partial charge in [-0.25, -0.2) is 4.57 Å². The number of benzene rings is 4. The number of nitrogens with two attached hydrogens (primary N) is 2. The Labute approximate surface area is 546 Å². The number of aliphatic hydroxyl groups is 1. The number of hydrogen-bond donors (Lipinski definition) is 3. The van der Waals surface area contributed by atoms with Crippen LogP contribution in [-0.2, 0) is 61.1 Å². The molecule has 0 spiro atoms. The number of rotatable bonds is 20. The molecule has 4 aliphatic heterocycles. The number of aryl methyl sites for hydroxylation is 6. The lowest BCUT2D eigenvalue weighted by atomic mass is 9.99. The molecule has 0 aliphatic carbocycles. The number of carbonyl (C=O) groups is 4. The molecule has 2 aromatic heterocycles. The number of para-hydroxylation sites is 2. The van der Waals surface area contributed by atoms with Crippen LogP contribution in [0.25, 0.3) is 0 Å². The van der Waals surface area contributed by atoms with Gasteiger partial charge in [0.25, 0.3) is 24.3 Å². The third-order valence-electron chi connectivity index (χ3n) is 15.2. The zero-order chi connectivity index (χ0) is 64.5. The van der Waals surface area contributed by atoms with Crippen LogP contribution in [0.3, 0.4) is 0 Å². The number of fused-ring (bicyclic) bond motifs is 2. The van der Waals surface area contributed by atoms with Gasteiger partial charge in [-0.3, -0.25) is 28.3 Å². The fourth-order valence-corrected chi connectivity index (χ4v) is 15.3. The molecule has 6 heterocycles. The van der Waals surface area contributed by atoms with Crippen LogP contribution < -0.4 is 54.5 Å². The van der Waals surface area contributed by atoms with Gasteiger partial charge in [0.1, 0.15) is 47.0 Å². The number of primary amides is 2. The van der Waals surface area contributed by atoms with Crippen LogP contribution >= 0.6 is 25.6 Å². The number of halogens is 3. The van der Waals surface area contributed by atoms with Crippen LogP contribution in [0.15, 0.2) is 134 Å². The van der Waals surface area contributed by atoms with Crippen molar-refractivity contribution in [3.63, 3.8) is 0 Å². The zero-order valence-corrected chi connectivity index (χ0v) is 56.0. The normalized spacial score (nSPS) is 23.8. The standard InChI is InChI=1S/C32H37N2O9P.C21H24N2O5.C11H14ClO4P.2ClH/c1-19-14-20(2)26(21(3)15-19)32-41-27-25(40-30(28(27)42-32)34-13-9-10-23(16-34)29(33)35)17-39-44(37,18-22(4)31(36)38-5)43-24-11-7-6-8-12-24;1-11-7-12(2)16(13(3)8-11)21-27-17-15(10-24)26-20(18(17)28-21)23-6-4-5-14(9-23)19(22)25;1-9(11(13)15-2)8-17(12,14)16-10-6-4-3-5-7-10;;/h6-16,22,25,27-28,30,32H,17-18H2,1-5H3,(H-,33,35);4-9,15,17-18,20-21,24H,10H2,1-3H3,(H-,22,25);3-7,9H,8H2,1-2H3;2*1H/t22-,25-,27-,28-,30-,32?,44?;15-,17-,18-,20-,21?;9-,17?;;/m111../s1. The second-order valence-electron chi connectivity index (χ2n) is 22.3. The van der Waals surface area contributed by atoms with Crippen molar-refractivity contribution in [3.8, 4) is 11.5 Å². The van der Waals surface area contributed by atoms with Gasteiger partial charge in [-0.2, -0.15) is 9.13 Å². The van der Waals surface area contributed by atoms with E-state index in [1.807, 2.05) is 40.7 Å². The van der Waals surface area contributed by atoms with Crippen LogP contribution in [0.2, 0.25) is 0 Å². The summed E-state index contributed by atoms with van der Waals surface area (Å²) in [5.74, 6) is -2.66. The first-order chi connectivity index (χ1) is 42.3. The molecule has 0 radical (unpaired) electrons. The number of nitrogens with zero attached hydrogens (tertiary/aromatic N) is 2. The van der Waals surface area contributed by atoms with E-state index in [9.17, 15) is 33.4 Å². The first-order valence-corrected chi connectivity index (χ1v) is 33.2. The Bertz CT molecular complexity index is 3550. The van der Waals surface area contributed by atoms with E-state index in [1.54, 1.807) is 127 Å². The molecule has 91 heavy (non-hydrogen) atoms. The predicted octanol–water partition coefficient (Wildman–Crippen LogP) is 3.16. The van der Waals surface area contributed by atoms with Gasteiger partial charge < -0.3 is 88.3 Å². The molecule has 10 rings (SSSR count). The maximum absolute atomic E-state index is 14.1. The average molecular weight is 1360 g/mol. The van der Waals surface area contributed by atoms with Gasteiger partial charge in [0.05, 0.1) is 51.6 Å². The molecule has 0 bridgehead atoms. The van der Waals surface area contributed by atoms with E-state index in [0.717, 1.165) is 38.9 Å². The highest BCUT2D eigenvalue weighted by Gasteiger charge is 2.59. The lowest BCUT2D eigenvalue weighted by molar-refractivity contribution is -0.766. The van der Waals surface area contributed by atoms with Crippen LogP contribution in [0.4, 0.5) is 0 Å². The summed E-state index contributed by atoms with van der Waals surface area (Å²) in [5, 5.41) is 9.78. The fraction of sp³-hybridized carbons (Fsp3) is 0.406. The lowest BCUT2D eigenvalue weighted by Gasteiger charge is -2.24. The topological polar surface area (TPSA) is 284 Å². The van der Waals surface area contributed by atoms with E-state index in [4.69, 9.17) is 69.4 Å². The van der Waals surface area contributed by atoms with Gasteiger partial charge in [-0.05, 0) is 111 Å². The number of amides is 2. The summed E-state index contributed by atoms with van der Waals surface area (Å²) >= 11 is 5.79. The number of hydrogen-bond acceptors (Lipinski definition) is 18.